The van der Waals surface area contributed by atoms with Gasteiger partial charge in [-0.1, -0.05) is 45.8 Å². The average Bonchev–Trinajstić information content (AvgIpc) is 2.98. The van der Waals surface area contributed by atoms with Crippen LogP contribution in [-0.2, 0) is 19.1 Å². The number of hydrogen-bond acceptors (Lipinski definition) is 5. The fraction of sp³-hybridized carbons (Fsp3) is 0.619. The van der Waals surface area contributed by atoms with Gasteiger partial charge in [-0.15, -0.1) is 0 Å². The van der Waals surface area contributed by atoms with Crippen LogP contribution in [0, 0.1) is 18.8 Å². The van der Waals surface area contributed by atoms with Gasteiger partial charge in [0.1, 0.15) is 11.6 Å². The predicted molar refractivity (Wildman–Crippen MR) is 109 cm³/mol. The Balaban J connectivity index is 2.42. The normalized spacial score (nSPS) is 25.3. The van der Waals surface area contributed by atoms with E-state index in [4.69, 9.17) is 9.47 Å². The van der Waals surface area contributed by atoms with Crippen molar-refractivity contribution < 1.29 is 19.1 Å². The molecule has 0 saturated carbocycles. The van der Waals surface area contributed by atoms with Gasteiger partial charge in [0.05, 0.1) is 13.0 Å². The lowest BCUT2D eigenvalue weighted by atomic mass is 9.81. The molecule has 150 valence electrons. The summed E-state index contributed by atoms with van der Waals surface area (Å²) in [6, 6.07) is 7.23. The van der Waals surface area contributed by atoms with Gasteiger partial charge >= 0.3 is 11.9 Å². The number of rotatable bonds is 6. The van der Waals surface area contributed by atoms with E-state index in [0.717, 1.165) is 29.3 Å². The van der Waals surface area contributed by atoms with Gasteiger partial charge in [0.25, 0.3) is 0 Å². The van der Waals surface area contributed by atoms with Crippen LogP contribution in [0.5, 0.6) is 0 Å². The molecule has 1 aliphatic heterocycles. The summed E-state index contributed by atoms with van der Waals surface area (Å²) in [7, 11) is 1.38. The maximum atomic E-state index is 13.1. The van der Waals surface area contributed by atoms with E-state index in [1.807, 2.05) is 52.0 Å². The standard InChI is InChI=1S/C21H30BrNO4/c1-13-8-10-14(11-9-13)17-16(19(24)27-21(2,3)4)15(7-6-12-22)18(23-17)20(25)26-5/h8-11,15-18,23H,6-7,12H2,1-5H3/t15-,16-,17+,18+/m0/s1. The summed E-state index contributed by atoms with van der Waals surface area (Å²) in [5.41, 5.74) is 1.54. The van der Waals surface area contributed by atoms with Gasteiger partial charge in [-0.3, -0.25) is 14.9 Å². The molecular weight excluding hydrogens is 410 g/mol. The summed E-state index contributed by atoms with van der Waals surface area (Å²) in [5.74, 6) is -1.24. The van der Waals surface area contributed by atoms with Gasteiger partial charge in [0.2, 0.25) is 0 Å². The first kappa shape index (κ1) is 21.9. The highest BCUT2D eigenvalue weighted by molar-refractivity contribution is 9.09. The van der Waals surface area contributed by atoms with Crippen molar-refractivity contribution in [3.05, 3.63) is 35.4 Å². The molecule has 1 N–H and O–H groups in total. The number of esters is 2. The van der Waals surface area contributed by atoms with Crippen LogP contribution in [0.3, 0.4) is 0 Å². The number of halogens is 1. The average molecular weight is 440 g/mol. The lowest BCUT2D eigenvalue weighted by Crippen LogP contribution is -2.38. The van der Waals surface area contributed by atoms with Crippen molar-refractivity contribution in [3.63, 3.8) is 0 Å². The molecule has 0 amide bonds. The zero-order chi connectivity index (χ0) is 20.2. The second kappa shape index (κ2) is 9.20. The molecule has 0 radical (unpaired) electrons. The van der Waals surface area contributed by atoms with Crippen LogP contribution < -0.4 is 5.32 Å². The zero-order valence-corrected chi connectivity index (χ0v) is 18.3. The van der Waals surface area contributed by atoms with Gasteiger partial charge in [-0.2, -0.15) is 0 Å². The van der Waals surface area contributed by atoms with Crippen LogP contribution in [0.1, 0.15) is 50.8 Å². The predicted octanol–water partition coefficient (Wildman–Crippen LogP) is 3.93. The molecule has 5 nitrogen and oxygen atoms in total. The van der Waals surface area contributed by atoms with Crippen LogP contribution >= 0.6 is 15.9 Å². The maximum Gasteiger partial charge on any atom is 0.323 e. The van der Waals surface area contributed by atoms with Gasteiger partial charge in [-0.05, 0) is 46.1 Å². The second-order valence-electron chi connectivity index (χ2n) is 8.11. The van der Waals surface area contributed by atoms with E-state index in [1.54, 1.807) is 0 Å². The molecule has 1 saturated heterocycles. The van der Waals surface area contributed by atoms with Crippen molar-refractivity contribution >= 4 is 27.9 Å². The number of nitrogens with one attached hydrogen (secondary N) is 1. The van der Waals surface area contributed by atoms with E-state index < -0.39 is 17.6 Å². The van der Waals surface area contributed by atoms with E-state index in [9.17, 15) is 9.59 Å². The fourth-order valence-electron chi connectivity index (χ4n) is 3.66. The molecule has 1 aliphatic rings. The molecule has 1 heterocycles. The van der Waals surface area contributed by atoms with Gasteiger partial charge in [0, 0.05) is 17.3 Å². The Labute approximate surface area is 170 Å². The Morgan fingerprint density at radius 3 is 2.30 bits per heavy atom. The number of benzene rings is 1. The van der Waals surface area contributed by atoms with E-state index in [-0.39, 0.29) is 23.9 Å². The smallest absolute Gasteiger partial charge is 0.323 e. The molecule has 0 bridgehead atoms. The number of methoxy groups -OCH3 is 1. The van der Waals surface area contributed by atoms with Gasteiger partial charge < -0.3 is 9.47 Å². The van der Waals surface area contributed by atoms with Gasteiger partial charge in [-0.25, -0.2) is 0 Å². The Kier molecular flexibility index (Phi) is 7.46. The highest BCUT2D eigenvalue weighted by Gasteiger charge is 2.51. The monoisotopic (exact) mass is 439 g/mol. The molecule has 0 aromatic heterocycles. The topological polar surface area (TPSA) is 64.6 Å². The fourth-order valence-corrected chi connectivity index (χ4v) is 3.99. The molecule has 0 aliphatic carbocycles. The highest BCUT2D eigenvalue weighted by atomic mass is 79.9. The number of aryl methyl sites for hydroxylation is 1. The molecule has 1 fully saturated rings. The molecule has 2 rings (SSSR count). The van der Waals surface area contributed by atoms with Crippen LogP contribution in [-0.4, -0.2) is 36.0 Å². The van der Waals surface area contributed by atoms with Crippen molar-refractivity contribution in [1.82, 2.24) is 5.32 Å². The lowest BCUT2D eigenvalue weighted by molar-refractivity contribution is -0.162. The first-order valence-corrected chi connectivity index (χ1v) is 10.5. The first-order chi connectivity index (χ1) is 12.7. The highest BCUT2D eigenvalue weighted by Crippen LogP contribution is 2.41. The Hall–Kier alpha value is -1.40. The number of hydrogen-bond donors (Lipinski definition) is 1. The Morgan fingerprint density at radius 1 is 1.15 bits per heavy atom. The van der Waals surface area contributed by atoms with Crippen LogP contribution in [0.15, 0.2) is 24.3 Å². The maximum absolute atomic E-state index is 13.1. The van der Waals surface area contributed by atoms with Crippen molar-refractivity contribution in [1.29, 1.82) is 0 Å². The quantitative estimate of drug-likeness (QED) is 0.537. The van der Waals surface area contributed by atoms with Crippen molar-refractivity contribution in [3.8, 4) is 0 Å². The summed E-state index contributed by atoms with van der Waals surface area (Å²) in [5, 5.41) is 4.18. The third-order valence-electron chi connectivity index (χ3n) is 4.85. The van der Waals surface area contributed by atoms with E-state index in [2.05, 4.69) is 21.2 Å². The molecule has 1 aromatic rings. The van der Waals surface area contributed by atoms with Gasteiger partial charge in [0.15, 0.2) is 0 Å². The third kappa shape index (κ3) is 5.55. The molecule has 0 spiro atoms. The van der Waals surface area contributed by atoms with Crippen molar-refractivity contribution in [2.45, 2.75) is 58.2 Å². The summed E-state index contributed by atoms with van der Waals surface area (Å²) in [4.78, 5) is 25.5. The Bertz CT molecular complexity index is 653. The SMILES string of the molecule is COC(=O)[C@@H]1N[C@H](c2ccc(C)cc2)[C@@H](C(=O)OC(C)(C)C)[C@@H]1CCCBr. The number of alkyl halides is 1. The van der Waals surface area contributed by atoms with E-state index >= 15 is 0 Å². The summed E-state index contributed by atoms with van der Waals surface area (Å²) in [6.45, 7) is 7.60. The Morgan fingerprint density at radius 2 is 1.78 bits per heavy atom. The molecule has 6 heteroatoms. The first-order valence-electron chi connectivity index (χ1n) is 9.37. The molecule has 1 aromatic carbocycles. The lowest BCUT2D eigenvalue weighted by Gasteiger charge is -2.28. The summed E-state index contributed by atoms with van der Waals surface area (Å²) in [6.07, 6.45) is 1.59. The van der Waals surface area contributed by atoms with E-state index in [0.29, 0.717) is 0 Å². The minimum atomic E-state index is -0.585. The van der Waals surface area contributed by atoms with Crippen LogP contribution in [0.2, 0.25) is 0 Å². The second-order valence-corrected chi connectivity index (χ2v) is 8.90. The molecule has 27 heavy (non-hydrogen) atoms. The summed E-state index contributed by atoms with van der Waals surface area (Å²) >= 11 is 3.45. The minimum Gasteiger partial charge on any atom is -0.468 e. The molecule has 4 atom stereocenters. The molecular formula is C21H30BrNO4. The molecule has 0 unspecified atom stereocenters. The van der Waals surface area contributed by atoms with Crippen LogP contribution in [0.25, 0.3) is 0 Å². The van der Waals surface area contributed by atoms with Crippen molar-refractivity contribution in [2.75, 3.05) is 12.4 Å². The number of ether oxygens (including phenoxy) is 2. The van der Waals surface area contributed by atoms with Crippen molar-refractivity contribution in [2.24, 2.45) is 11.8 Å². The van der Waals surface area contributed by atoms with Crippen LogP contribution in [0.4, 0.5) is 0 Å². The number of carbonyl (C=O) groups excluding carboxylic acids is 2. The van der Waals surface area contributed by atoms with E-state index in [1.165, 1.54) is 7.11 Å². The summed E-state index contributed by atoms with van der Waals surface area (Å²) < 4.78 is 10.7. The largest absolute Gasteiger partial charge is 0.468 e. The third-order valence-corrected chi connectivity index (χ3v) is 5.41. The number of carbonyl (C=O) groups is 2. The minimum absolute atomic E-state index is 0.184. The zero-order valence-electron chi connectivity index (χ0n) is 16.8.